The lowest BCUT2D eigenvalue weighted by Crippen LogP contribution is -2.41. The van der Waals surface area contributed by atoms with Crippen LogP contribution in [0.1, 0.15) is 31.4 Å². The lowest BCUT2D eigenvalue weighted by Gasteiger charge is -2.33. The minimum Gasteiger partial charge on any atom is -0.508 e. The predicted octanol–water partition coefficient (Wildman–Crippen LogP) is 1.90. The second kappa shape index (κ2) is 5.39. The Balaban J connectivity index is 1.84. The minimum atomic E-state index is 0.281. The molecule has 2 aliphatic rings. The molecule has 2 aliphatic heterocycles. The van der Waals surface area contributed by atoms with Crippen molar-refractivity contribution >= 4 is 0 Å². The van der Waals surface area contributed by atoms with Crippen molar-refractivity contribution in [1.82, 2.24) is 10.2 Å². The van der Waals surface area contributed by atoms with Gasteiger partial charge in [-0.2, -0.15) is 0 Å². The summed E-state index contributed by atoms with van der Waals surface area (Å²) in [5.41, 5.74) is 1.22. The fourth-order valence-electron chi connectivity index (χ4n) is 3.23. The molecule has 1 saturated heterocycles. The van der Waals surface area contributed by atoms with Crippen LogP contribution in [-0.2, 0) is 0 Å². The van der Waals surface area contributed by atoms with E-state index in [-0.39, 0.29) is 5.75 Å². The van der Waals surface area contributed by atoms with Crippen LogP contribution in [0.15, 0.2) is 18.2 Å². The van der Waals surface area contributed by atoms with E-state index >= 15 is 0 Å². The maximum Gasteiger partial charge on any atom is 0.127 e. The van der Waals surface area contributed by atoms with E-state index in [1.165, 1.54) is 12.0 Å². The third-order valence-corrected chi connectivity index (χ3v) is 4.14. The maximum atomic E-state index is 9.53. The number of nitrogens with zero attached hydrogens (tertiary/aromatic N) is 1. The first-order valence-electron chi connectivity index (χ1n) is 7.21. The van der Waals surface area contributed by atoms with Crippen LogP contribution in [0.25, 0.3) is 0 Å². The summed E-state index contributed by atoms with van der Waals surface area (Å²) in [6.07, 6.45) is 2.37. The van der Waals surface area contributed by atoms with Gasteiger partial charge in [-0.25, -0.2) is 0 Å². The van der Waals surface area contributed by atoms with Crippen molar-refractivity contribution in [3.05, 3.63) is 23.8 Å². The molecular formula is C15H22N2O2. The van der Waals surface area contributed by atoms with Crippen molar-refractivity contribution in [2.45, 2.75) is 31.8 Å². The van der Waals surface area contributed by atoms with Gasteiger partial charge in [0.25, 0.3) is 0 Å². The number of nitrogens with one attached hydrogen (secondary N) is 1. The zero-order valence-corrected chi connectivity index (χ0v) is 11.4. The van der Waals surface area contributed by atoms with E-state index in [9.17, 15) is 5.11 Å². The van der Waals surface area contributed by atoms with E-state index in [4.69, 9.17) is 4.74 Å². The fourth-order valence-corrected chi connectivity index (χ4v) is 3.23. The molecule has 2 N–H and O–H groups in total. The second-order valence-electron chi connectivity index (χ2n) is 5.43. The third-order valence-electron chi connectivity index (χ3n) is 4.14. The normalized spacial score (nSPS) is 25.6. The molecule has 2 unspecified atom stereocenters. The second-order valence-corrected chi connectivity index (χ2v) is 5.43. The summed E-state index contributed by atoms with van der Waals surface area (Å²) in [7, 11) is 0. The zero-order chi connectivity index (χ0) is 13.2. The number of hydrogen-bond donors (Lipinski definition) is 2. The van der Waals surface area contributed by atoms with Crippen LogP contribution in [0.4, 0.5) is 0 Å². The molecular weight excluding hydrogens is 240 g/mol. The van der Waals surface area contributed by atoms with Gasteiger partial charge in [-0.1, -0.05) is 6.92 Å². The van der Waals surface area contributed by atoms with Gasteiger partial charge in [-0.15, -0.1) is 0 Å². The highest BCUT2D eigenvalue weighted by Gasteiger charge is 2.34. The monoisotopic (exact) mass is 262 g/mol. The number of fused-ring (bicyclic) bond motifs is 1. The van der Waals surface area contributed by atoms with Crippen molar-refractivity contribution < 1.29 is 9.84 Å². The molecule has 19 heavy (non-hydrogen) atoms. The van der Waals surface area contributed by atoms with E-state index in [1.54, 1.807) is 12.1 Å². The smallest absolute Gasteiger partial charge is 0.127 e. The summed E-state index contributed by atoms with van der Waals surface area (Å²) in [6.45, 7) is 6.21. The topological polar surface area (TPSA) is 44.7 Å². The van der Waals surface area contributed by atoms with Gasteiger partial charge in [0.2, 0.25) is 0 Å². The van der Waals surface area contributed by atoms with Crippen molar-refractivity contribution in [1.29, 1.82) is 0 Å². The molecule has 2 atom stereocenters. The number of benzene rings is 1. The SMILES string of the molecule is CCCN(C1CCNC1)C1COc2cc(O)ccc21. The van der Waals surface area contributed by atoms with Crippen molar-refractivity contribution in [3.8, 4) is 11.5 Å². The fraction of sp³-hybridized carbons (Fsp3) is 0.600. The molecule has 0 radical (unpaired) electrons. The quantitative estimate of drug-likeness (QED) is 0.870. The summed E-state index contributed by atoms with van der Waals surface area (Å²) in [5, 5.41) is 13.0. The first-order valence-corrected chi connectivity index (χ1v) is 7.21. The highest BCUT2D eigenvalue weighted by atomic mass is 16.5. The number of aromatic hydroxyl groups is 1. The number of phenolic OH excluding ortho intramolecular Hbond substituents is 1. The number of hydrogen-bond acceptors (Lipinski definition) is 4. The van der Waals surface area contributed by atoms with Crippen LogP contribution >= 0.6 is 0 Å². The lowest BCUT2D eigenvalue weighted by atomic mass is 10.0. The van der Waals surface area contributed by atoms with Crippen LogP contribution in [0.2, 0.25) is 0 Å². The van der Waals surface area contributed by atoms with E-state index in [0.29, 0.717) is 18.7 Å². The van der Waals surface area contributed by atoms with Gasteiger partial charge in [-0.05, 0) is 38.1 Å². The molecule has 0 spiro atoms. The Morgan fingerprint density at radius 1 is 1.47 bits per heavy atom. The Morgan fingerprint density at radius 3 is 3.11 bits per heavy atom. The molecule has 0 amide bonds. The van der Waals surface area contributed by atoms with Crippen molar-refractivity contribution in [3.63, 3.8) is 0 Å². The highest BCUT2D eigenvalue weighted by molar-refractivity contribution is 5.44. The lowest BCUT2D eigenvalue weighted by molar-refractivity contribution is 0.120. The molecule has 1 aromatic carbocycles. The van der Waals surface area contributed by atoms with Crippen molar-refractivity contribution in [2.24, 2.45) is 0 Å². The van der Waals surface area contributed by atoms with Gasteiger partial charge in [-0.3, -0.25) is 4.90 Å². The molecule has 0 saturated carbocycles. The average molecular weight is 262 g/mol. The Bertz CT molecular complexity index is 444. The number of rotatable bonds is 4. The van der Waals surface area contributed by atoms with E-state index < -0.39 is 0 Å². The summed E-state index contributed by atoms with van der Waals surface area (Å²) in [5.74, 6) is 1.13. The van der Waals surface area contributed by atoms with Gasteiger partial charge in [0, 0.05) is 24.2 Å². The third kappa shape index (κ3) is 2.42. The minimum absolute atomic E-state index is 0.281. The standard InChI is InChI=1S/C15H22N2O2/c1-2-7-17(11-5-6-16-9-11)14-10-19-15-8-12(18)3-4-13(14)15/h3-4,8,11,14,16,18H,2,5-7,9-10H2,1H3. The first-order chi connectivity index (χ1) is 9.29. The van der Waals surface area contributed by atoms with Gasteiger partial charge >= 0.3 is 0 Å². The van der Waals surface area contributed by atoms with Gasteiger partial charge in [0.15, 0.2) is 0 Å². The Labute approximate surface area is 114 Å². The van der Waals surface area contributed by atoms with Gasteiger partial charge in [0.1, 0.15) is 18.1 Å². The Morgan fingerprint density at radius 2 is 2.37 bits per heavy atom. The molecule has 0 aromatic heterocycles. The molecule has 1 aromatic rings. The molecule has 0 bridgehead atoms. The van der Waals surface area contributed by atoms with E-state index in [1.807, 2.05) is 6.07 Å². The van der Waals surface area contributed by atoms with Crippen LogP contribution in [0.3, 0.4) is 0 Å². The molecule has 4 heteroatoms. The summed E-state index contributed by atoms with van der Waals surface area (Å²) >= 11 is 0. The summed E-state index contributed by atoms with van der Waals surface area (Å²) in [6, 6.07) is 6.44. The molecule has 4 nitrogen and oxygen atoms in total. The number of phenols is 1. The predicted molar refractivity (Wildman–Crippen MR) is 74.6 cm³/mol. The van der Waals surface area contributed by atoms with Gasteiger partial charge < -0.3 is 15.2 Å². The van der Waals surface area contributed by atoms with Gasteiger partial charge in [0.05, 0.1) is 6.04 Å². The first kappa shape index (κ1) is 12.8. The Hall–Kier alpha value is -1.26. The highest BCUT2D eigenvalue weighted by Crippen LogP contribution is 2.39. The van der Waals surface area contributed by atoms with Crippen LogP contribution in [-0.4, -0.2) is 42.3 Å². The largest absolute Gasteiger partial charge is 0.508 e. The van der Waals surface area contributed by atoms with Crippen LogP contribution in [0, 0.1) is 0 Å². The van der Waals surface area contributed by atoms with E-state index in [0.717, 1.165) is 31.8 Å². The maximum absolute atomic E-state index is 9.53. The summed E-state index contributed by atoms with van der Waals surface area (Å²) in [4.78, 5) is 2.57. The van der Waals surface area contributed by atoms with Crippen molar-refractivity contribution in [2.75, 3.05) is 26.2 Å². The number of ether oxygens (including phenoxy) is 1. The van der Waals surface area contributed by atoms with Crippen LogP contribution < -0.4 is 10.1 Å². The molecule has 3 rings (SSSR count). The molecule has 0 aliphatic carbocycles. The van der Waals surface area contributed by atoms with E-state index in [2.05, 4.69) is 17.1 Å². The zero-order valence-electron chi connectivity index (χ0n) is 11.4. The molecule has 2 heterocycles. The summed E-state index contributed by atoms with van der Waals surface area (Å²) < 4.78 is 5.76. The van der Waals surface area contributed by atoms with Crippen LogP contribution in [0.5, 0.6) is 11.5 Å². The Kier molecular flexibility index (Phi) is 3.62. The molecule has 104 valence electrons. The molecule has 1 fully saturated rings. The average Bonchev–Trinajstić information content (AvgIpc) is 3.05.